The quantitative estimate of drug-likeness (QED) is 0.360. The van der Waals surface area contributed by atoms with Gasteiger partial charge in [-0.2, -0.15) is 0 Å². The van der Waals surface area contributed by atoms with E-state index in [2.05, 4.69) is 11.9 Å². The van der Waals surface area contributed by atoms with Crippen molar-refractivity contribution < 1.29 is 23.9 Å². The molecule has 0 saturated carbocycles. The Morgan fingerprint density at radius 1 is 1.12 bits per heavy atom. The fraction of sp³-hybridized carbons (Fsp3) is 0.208. The zero-order valence-corrected chi connectivity index (χ0v) is 18.6. The molecule has 8 heteroatoms. The van der Waals surface area contributed by atoms with E-state index in [0.717, 1.165) is 10.5 Å². The minimum absolute atomic E-state index is 0.200. The van der Waals surface area contributed by atoms with Crippen LogP contribution in [0.4, 0.5) is 10.5 Å². The van der Waals surface area contributed by atoms with Crippen LogP contribution < -0.4 is 19.7 Å². The van der Waals surface area contributed by atoms with E-state index in [1.807, 2.05) is 26.0 Å². The molecular formula is C24H23ClN2O5. The highest BCUT2D eigenvalue weighted by atomic mass is 35.5. The smallest absolute Gasteiger partial charge is 0.335 e. The molecule has 0 atom stereocenters. The van der Waals surface area contributed by atoms with Crippen molar-refractivity contribution in [2.75, 3.05) is 18.1 Å². The lowest BCUT2D eigenvalue weighted by Gasteiger charge is -2.28. The molecule has 0 radical (unpaired) electrons. The Morgan fingerprint density at radius 3 is 2.56 bits per heavy atom. The van der Waals surface area contributed by atoms with Crippen LogP contribution >= 0.6 is 11.6 Å². The summed E-state index contributed by atoms with van der Waals surface area (Å²) in [4.78, 5) is 39.2. The fourth-order valence-corrected chi connectivity index (χ4v) is 3.56. The topological polar surface area (TPSA) is 84.9 Å². The van der Waals surface area contributed by atoms with Crippen molar-refractivity contribution in [2.45, 2.75) is 20.3 Å². The number of imide groups is 2. The summed E-state index contributed by atoms with van der Waals surface area (Å²) in [5.41, 5.74) is 1.47. The number of para-hydroxylation sites is 1. The summed E-state index contributed by atoms with van der Waals surface area (Å²) in [6, 6.07) is 9.42. The molecule has 1 heterocycles. The number of nitrogens with zero attached hydrogens (tertiary/aromatic N) is 1. The Balaban J connectivity index is 2.05. The first-order chi connectivity index (χ1) is 15.4. The van der Waals surface area contributed by atoms with Gasteiger partial charge in [-0.1, -0.05) is 49.4 Å². The van der Waals surface area contributed by atoms with Crippen molar-refractivity contribution in [2.24, 2.45) is 0 Å². The molecule has 32 heavy (non-hydrogen) atoms. The van der Waals surface area contributed by atoms with Gasteiger partial charge in [0.1, 0.15) is 12.2 Å². The van der Waals surface area contributed by atoms with Gasteiger partial charge in [-0.05, 0) is 48.7 Å². The van der Waals surface area contributed by atoms with Gasteiger partial charge in [0.15, 0.2) is 11.5 Å². The lowest BCUT2D eigenvalue weighted by molar-refractivity contribution is -0.122. The van der Waals surface area contributed by atoms with E-state index < -0.39 is 17.8 Å². The van der Waals surface area contributed by atoms with Crippen LogP contribution in [0.15, 0.2) is 54.6 Å². The molecule has 2 aromatic rings. The normalized spacial score (nSPS) is 15.0. The molecular weight excluding hydrogens is 432 g/mol. The highest BCUT2D eigenvalue weighted by Crippen LogP contribution is 2.37. The average Bonchev–Trinajstić information content (AvgIpc) is 2.76. The van der Waals surface area contributed by atoms with Crippen molar-refractivity contribution in [3.8, 4) is 11.5 Å². The predicted molar refractivity (Wildman–Crippen MR) is 123 cm³/mol. The van der Waals surface area contributed by atoms with Gasteiger partial charge in [0.25, 0.3) is 11.8 Å². The first-order valence-corrected chi connectivity index (χ1v) is 10.5. The maximum Gasteiger partial charge on any atom is 0.335 e. The van der Waals surface area contributed by atoms with Crippen LogP contribution in [0.25, 0.3) is 6.08 Å². The second kappa shape index (κ2) is 10.2. The molecule has 7 nitrogen and oxygen atoms in total. The number of nitrogens with one attached hydrogen (secondary N) is 1. The maximum absolute atomic E-state index is 13.2. The highest BCUT2D eigenvalue weighted by molar-refractivity contribution is 6.39. The van der Waals surface area contributed by atoms with E-state index in [1.165, 1.54) is 6.08 Å². The molecule has 0 unspecified atom stereocenters. The molecule has 0 aliphatic carbocycles. The first-order valence-electron chi connectivity index (χ1n) is 10.1. The molecule has 1 aliphatic heterocycles. The third kappa shape index (κ3) is 4.68. The number of barbiturate groups is 1. The molecule has 2 aromatic carbocycles. The SMILES string of the molecule is C=CCOc1c(Cl)cc(/C=C2/C(=O)NC(=O)N(c3ccccc3CC)C2=O)cc1OCC. The summed E-state index contributed by atoms with van der Waals surface area (Å²) < 4.78 is 11.2. The van der Waals surface area contributed by atoms with Crippen LogP contribution in [0.5, 0.6) is 11.5 Å². The molecule has 166 valence electrons. The maximum atomic E-state index is 13.2. The Bertz CT molecular complexity index is 1110. The van der Waals surface area contributed by atoms with Crippen LogP contribution in [-0.2, 0) is 16.0 Å². The van der Waals surface area contributed by atoms with E-state index in [4.69, 9.17) is 21.1 Å². The van der Waals surface area contributed by atoms with Gasteiger partial charge in [0, 0.05) is 0 Å². The van der Waals surface area contributed by atoms with Gasteiger partial charge in [0.2, 0.25) is 0 Å². The van der Waals surface area contributed by atoms with Gasteiger partial charge >= 0.3 is 6.03 Å². The standard InChI is InChI=1S/C24H23ClN2O5/c1-4-11-32-21-18(25)13-15(14-20(21)31-6-3)12-17-22(28)26-24(30)27(23(17)29)19-10-8-7-9-16(19)5-2/h4,7-10,12-14H,1,5-6,11H2,2-3H3,(H,26,28,30)/b17-12-. The van der Waals surface area contributed by atoms with Crippen molar-refractivity contribution in [1.29, 1.82) is 0 Å². The molecule has 4 amide bonds. The molecule has 3 rings (SSSR count). The molecule has 0 spiro atoms. The number of amides is 4. The number of aryl methyl sites for hydroxylation is 1. The second-order valence-corrected chi connectivity index (χ2v) is 7.21. The summed E-state index contributed by atoms with van der Waals surface area (Å²) in [5.74, 6) is -0.808. The monoisotopic (exact) mass is 454 g/mol. The Morgan fingerprint density at radius 2 is 1.88 bits per heavy atom. The predicted octanol–water partition coefficient (Wildman–Crippen LogP) is 4.53. The summed E-state index contributed by atoms with van der Waals surface area (Å²) in [5, 5.41) is 2.48. The number of rotatable bonds is 8. The third-order valence-corrected chi connectivity index (χ3v) is 4.98. The molecule has 0 bridgehead atoms. The number of halogens is 1. The minimum Gasteiger partial charge on any atom is -0.490 e. The summed E-state index contributed by atoms with van der Waals surface area (Å²) in [7, 11) is 0. The molecule has 1 fully saturated rings. The number of hydrogen-bond donors (Lipinski definition) is 1. The van der Waals surface area contributed by atoms with Crippen molar-refractivity contribution >= 4 is 41.2 Å². The molecule has 1 aliphatic rings. The van der Waals surface area contributed by atoms with Crippen LogP contribution in [-0.4, -0.2) is 31.1 Å². The molecule has 1 N–H and O–H groups in total. The number of ether oxygens (including phenoxy) is 2. The first kappa shape index (κ1) is 23.1. The van der Waals surface area contributed by atoms with E-state index in [-0.39, 0.29) is 17.2 Å². The lowest BCUT2D eigenvalue weighted by Crippen LogP contribution is -2.54. The van der Waals surface area contributed by atoms with Crippen LogP contribution in [0.3, 0.4) is 0 Å². The van der Waals surface area contributed by atoms with E-state index in [1.54, 1.807) is 30.3 Å². The fourth-order valence-electron chi connectivity index (χ4n) is 3.29. The lowest BCUT2D eigenvalue weighted by atomic mass is 10.0. The van der Waals surface area contributed by atoms with Gasteiger partial charge in [-0.3, -0.25) is 14.9 Å². The average molecular weight is 455 g/mol. The summed E-state index contributed by atoms with van der Waals surface area (Å²) in [6.07, 6.45) is 3.56. The van der Waals surface area contributed by atoms with E-state index in [9.17, 15) is 14.4 Å². The van der Waals surface area contributed by atoms with E-state index >= 15 is 0 Å². The van der Waals surface area contributed by atoms with Crippen LogP contribution in [0.1, 0.15) is 25.0 Å². The van der Waals surface area contributed by atoms with Crippen molar-refractivity contribution in [1.82, 2.24) is 5.32 Å². The van der Waals surface area contributed by atoms with Crippen molar-refractivity contribution in [3.63, 3.8) is 0 Å². The summed E-state index contributed by atoms with van der Waals surface area (Å²) in [6.45, 7) is 7.92. The Hall–Kier alpha value is -3.58. The van der Waals surface area contributed by atoms with Gasteiger partial charge in [-0.15, -0.1) is 0 Å². The largest absolute Gasteiger partial charge is 0.490 e. The number of carbonyl (C=O) groups excluding carboxylic acids is 3. The van der Waals surface area contributed by atoms with Gasteiger partial charge in [-0.25, -0.2) is 9.69 Å². The van der Waals surface area contributed by atoms with Gasteiger partial charge in [0.05, 0.1) is 17.3 Å². The number of carbonyl (C=O) groups is 3. The number of hydrogen-bond acceptors (Lipinski definition) is 5. The molecule has 1 saturated heterocycles. The Kier molecular flexibility index (Phi) is 7.33. The second-order valence-electron chi connectivity index (χ2n) is 6.80. The zero-order chi connectivity index (χ0) is 23.3. The number of urea groups is 1. The minimum atomic E-state index is -0.792. The third-order valence-electron chi connectivity index (χ3n) is 4.70. The number of anilines is 1. The number of benzene rings is 2. The van der Waals surface area contributed by atoms with Gasteiger partial charge < -0.3 is 9.47 Å². The molecule has 0 aromatic heterocycles. The van der Waals surface area contributed by atoms with Crippen LogP contribution in [0, 0.1) is 0 Å². The van der Waals surface area contributed by atoms with Crippen molar-refractivity contribution in [3.05, 3.63) is 70.8 Å². The van der Waals surface area contributed by atoms with Crippen LogP contribution in [0.2, 0.25) is 5.02 Å². The zero-order valence-electron chi connectivity index (χ0n) is 17.8. The summed E-state index contributed by atoms with van der Waals surface area (Å²) >= 11 is 6.37. The highest BCUT2D eigenvalue weighted by Gasteiger charge is 2.37. The Labute approximate surface area is 191 Å². The van der Waals surface area contributed by atoms with E-state index in [0.29, 0.717) is 35.8 Å².